The molecule has 0 saturated heterocycles. The predicted octanol–water partition coefficient (Wildman–Crippen LogP) is 2.95. The van der Waals surface area contributed by atoms with Gasteiger partial charge in [0.05, 0.1) is 18.1 Å². The predicted molar refractivity (Wildman–Crippen MR) is 92.5 cm³/mol. The minimum absolute atomic E-state index is 0.0609. The molecule has 1 aliphatic carbocycles. The highest BCUT2D eigenvalue weighted by atomic mass is 16.1. The molecular formula is C18H20N5O. The van der Waals surface area contributed by atoms with E-state index < -0.39 is 0 Å². The number of nitrogens with one attached hydrogen (secondary N) is 2. The van der Waals surface area contributed by atoms with Gasteiger partial charge in [0.25, 0.3) is 0 Å². The summed E-state index contributed by atoms with van der Waals surface area (Å²) in [6.07, 6.45) is 7.83. The minimum atomic E-state index is -0.0609. The van der Waals surface area contributed by atoms with Crippen molar-refractivity contribution in [2.45, 2.75) is 31.6 Å². The molecule has 123 valence electrons. The topological polar surface area (TPSA) is 75.6 Å². The van der Waals surface area contributed by atoms with Gasteiger partial charge in [0, 0.05) is 30.1 Å². The Morgan fingerprint density at radius 1 is 1.42 bits per heavy atom. The first-order valence-electron chi connectivity index (χ1n) is 8.26. The van der Waals surface area contributed by atoms with Crippen molar-refractivity contribution in [1.29, 1.82) is 0 Å². The third-order valence-electron chi connectivity index (χ3n) is 4.65. The van der Waals surface area contributed by atoms with Gasteiger partial charge in [0.2, 0.25) is 5.91 Å². The number of aromatic amines is 1. The van der Waals surface area contributed by atoms with E-state index in [1.807, 2.05) is 42.2 Å². The van der Waals surface area contributed by atoms with Crippen LogP contribution in [0.2, 0.25) is 0 Å². The Balaban J connectivity index is 1.42. The van der Waals surface area contributed by atoms with Crippen LogP contribution < -0.4 is 5.32 Å². The fourth-order valence-electron chi connectivity index (χ4n) is 3.34. The molecule has 1 fully saturated rings. The van der Waals surface area contributed by atoms with Crippen LogP contribution >= 0.6 is 0 Å². The van der Waals surface area contributed by atoms with Crippen molar-refractivity contribution in [3.63, 3.8) is 0 Å². The molecule has 1 atom stereocenters. The van der Waals surface area contributed by atoms with Crippen LogP contribution in [0, 0.1) is 6.42 Å². The van der Waals surface area contributed by atoms with Crippen molar-refractivity contribution >= 4 is 22.6 Å². The maximum atomic E-state index is 12.3. The van der Waals surface area contributed by atoms with Crippen LogP contribution in [-0.4, -0.2) is 25.9 Å². The molecule has 1 amide bonds. The molecule has 0 aliphatic heterocycles. The molecule has 2 aromatic heterocycles. The lowest BCUT2D eigenvalue weighted by Crippen LogP contribution is -2.14. The number of rotatable bonds is 4. The Kier molecular flexibility index (Phi) is 3.80. The van der Waals surface area contributed by atoms with Gasteiger partial charge in [-0.25, -0.2) is 0 Å². The van der Waals surface area contributed by atoms with Gasteiger partial charge in [0.1, 0.15) is 0 Å². The second-order valence-corrected chi connectivity index (χ2v) is 6.39. The highest BCUT2D eigenvalue weighted by Gasteiger charge is 2.19. The average molecular weight is 322 g/mol. The maximum absolute atomic E-state index is 12.3. The smallest absolute Gasteiger partial charge is 0.229 e. The van der Waals surface area contributed by atoms with Gasteiger partial charge in [0.15, 0.2) is 5.82 Å². The van der Waals surface area contributed by atoms with Crippen molar-refractivity contribution in [2.24, 2.45) is 7.05 Å². The molecule has 1 aromatic carbocycles. The van der Waals surface area contributed by atoms with E-state index in [1.54, 1.807) is 0 Å². The molecule has 2 N–H and O–H groups in total. The van der Waals surface area contributed by atoms with Gasteiger partial charge in [-0.3, -0.25) is 14.6 Å². The zero-order valence-corrected chi connectivity index (χ0v) is 13.6. The maximum Gasteiger partial charge on any atom is 0.229 e. The monoisotopic (exact) mass is 322 g/mol. The van der Waals surface area contributed by atoms with Crippen molar-refractivity contribution in [1.82, 2.24) is 20.0 Å². The third kappa shape index (κ3) is 2.91. The van der Waals surface area contributed by atoms with E-state index in [-0.39, 0.29) is 5.91 Å². The largest absolute Gasteiger partial charge is 0.309 e. The molecule has 0 bridgehead atoms. The first-order chi connectivity index (χ1) is 11.7. The summed E-state index contributed by atoms with van der Waals surface area (Å²) >= 11 is 0. The zero-order chi connectivity index (χ0) is 16.5. The number of hydrogen-bond donors (Lipinski definition) is 2. The lowest BCUT2D eigenvalue weighted by atomic mass is 10.0. The summed E-state index contributed by atoms with van der Waals surface area (Å²) in [7, 11) is 1.91. The SMILES string of the molecule is Cn1ncc2cc(CC(=O)Nc3cc([C@H]4C[CH]CC4)[nH]n3)ccc21. The summed E-state index contributed by atoms with van der Waals surface area (Å²) in [5, 5.41) is 15.4. The van der Waals surface area contributed by atoms with Crippen molar-refractivity contribution in [3.05, 3.63) is 48.1 Å². The lowest BCUT2D eigenvalue weighted by molar-refractivity contribution is -0.115. The van der Waals surface area contributed by atoms with Crippen LogP contribution in [0.25, 0.3) is 10.9 Å². The number of anilines is 1. The Bertz CT molecular complexity index is 873. The molecule has 1 saturated carbocycles. The Morgan fingerprint density at radius 3 is 3.17 bits per heavy atom. The molecule has 6 nitrogen and oxygen atoms in total. The second kappa shape index (κ2) is 6.11. The number of aromatic nitrogens is 4. The van der Waals surface area contributed by atoms with Gasteiger partial charge >= 0.3 is 0 Å². The molecule has 3 aromatic rings. The third-order valence-corrected chi connectivity index (χ3v) is 4.65. The zero-order valence-electron chi connectivity index (χ0n) is 13.6. The highest BCUT2D eigenvalue weighted by Crippen LogP contribution is 2.33. The van der Waals surface area contributed by atoms with Gasteiger partial charge in [-0.1, -0.05) is 6.07 Å². The fraction of sp³-hybridized carbons (Fsp3) is 0.333. The van der Waals surface area contributed by atoms with E-state index in [1.165, 1.54) is 0 Å². The first-order valence-corrected chi connectivity index (χ1v) is 8.26. The van der Waals surface area contributed by atoms with E-state index >= 15 is 0 Å². The first kappa shape index (κ1) is 14.9. The summed E-state index contributed by atoms with van der Waals surface area (Å²) in [6.45, 7) is 0. The number of aryl methyl sites for hydroxylation is 1. The summed E-state index contributed by atoms with van der Waals surface area (Å²) in [6, 6.07) is 7.92. The quantitative estimate of drug-likeness (QED) is 0.775. The summed E-state index contributed by atoms with van der Waals surface area (Å²) in [5.74, 6) is 1.05. The standard InChI is InChI=1S/C18H20N5O/c1-23-16-7-6-12(8-14(16)11-19-23)9-18(24)20-17-10-15(21-22-17)13-4-2-3-5-13/h2,6-8,10-11,13H,3-5,9H2,1H3,(H2,20,21,22,24)/t13-/m0/s1. The van der Waals surface area contributed by atoms with Crippen LogP contribution in [0.4, 0.5) is 5.82 Å². The summed E-state index contributed by atoms with van der Waals surface area (Å²) in [5.41, 5.74) is 3.13. The number of carbonyl (C=O) groups excluding carboxylic acids is 1. The van der Waals surface area contributed by atoms with Crippen molar-refractivity contribution in [3.8, 4) is 0 Å². The lowest BCUT2D eigenvalue weighted by Gasteiger charge is -2.04. The Labute approximate surface area is 140 Å². The van der Waals surface area contributed by atoms with Crippen LogP contribution in [0.3, 0.4) is 0 Å². The molecule has 1 aliphatic rings. The van der Waals surface area contributed by atoms with Crippen LogP contribution in [0.1, 0.15) is 36.4 Å². The van der Waals surface area contributed by atoms with E-state index in [0.29, 0.717) is 18.2 Å². The molecule has 4 rings (SSSR count). The summed E-state index contributed by atoms with van der Waals surface area (Å²) in [4.78, 5) is 12.3. The number of benzene rings is 1. The molecule has 1 radical (unpaired) electrons. The highest BCUT2D eigenvalue weighted by molar-refractivity contribution is 5.92. The Morgan fingerprint density at radius 2 is 2.33 bits per heavy atom. The van der Waals surface area contributed by atoms with Gasteiger partial charge in [-0.2, -0.15) is 10.2 Å². The number of hydrogen-bond acceptors (Lipinski definition) is 3. The Hall–Kier alpha value is -2.63. The number of nitrogens with zero attached hydrogens (tertiary/aromatic N) is 3. The second-order valence-electron chi connectivity index (χ2n) is 6.39. The summed E-state index contributed by atoms with van der Waals surface area (Å²) < 4.78 is 1.82. The van der Waals surface area contributed by atoms with E-state index in [0.717, 1.165) is 41.4 Å². The average Bonchev–Trinajstić information content (AvgIpc) is 3.28. The molecule has 24 heavy (non-hydrogen) atoms. The molecule has 6 heteroatoms. The number of carbonyl (C=O) groups is 1. The normalized spacial score (nSPS) is 15.2. The van der Waals surface area contributed by atoms with Gasteiger partial charge in [-0.15, -0.1) is 0 Å². The van der Waals surface area contributed by atoms with Crippen molar-refractivity contribution < 1.29 is 4.79 Å². The van der Waals surface area contributed by atoms with E-state index in [2.05, 4.69) is 27.0 Å². The van der Waals surface area contributed by atoms with Crippen molar-refractivity contribution in [2.75, 3.05) is 5.32 Å². The van der Waals surface area contributed by atoms with Gasteiger partial charge in [-0.05, 0) is 43.4 Å². The molecule has 2 heterocycles. The van der Waals surface area contributed by atoms with Crippen LogP contribution in [0.5, 0.6) is 0 Å². The number of amides is 1. The van der Waals surface area contributed by atoms with Crippen LogP contribution in [-0.2, 0) is 18.3 Å². The number of fused-ring (bicyclic) bond motifs is 1. The molecule has 0 unspecified atom stereocenters. The minimum Gasteiger partial charge on any atom is -0.309 e. The van der Waals surface area contributed by atoms with E-state index in [9.17, 15) is 4.79 Å². The van der Waals surface area contributed by atoms with E-state index in [4.69, 9.17) is 0 Å². The molecular weight excluding hydrogens is 302 g/mol. The number of H-pyrrole nitrogens is 1. The van der Waals surface area contributed by atoms with Gasteiger partial charge < -0.3 is 5.32 Å². The van der Waals surface area contributed by atoms with Crippen LogP contribution in [0.15, 0.2) is 30.5 Å². The molecule has 0 spiro atoms. The fourth-order valence-corrected chi connectivity index (χ4v) is 3.34.